The third-order valence-electron chi connectivity index (χ3n) is 2.66. The maximum atomic E-state index is 10.6. The molecule has 0 aliphatic rings. The molecule has 5 nitrogen and oxygen atoms in total. The molecule has 1 rings (SSSR count). The van der Waals surface area contributed by atoms with Gasteiger partial charge in [0.1, 0.15) is 0 Å². The monoisotopic (exact) mass is 240 g/mol. The highest BCUT2D eigenvalue weighted by Crippen LogP contribution is 2.12. The summed E-state index contributed by atoms with van der Waals surface area (Å²) in [6.45, 7) is 8.21. The number of hydrogen-bond donors (Lipinski definition) is 2. The van der Waals surface area contributed by atoms with Crippen molar-refractivity contribution in [3.63, 3.8) is 0 Å². The first-order valence-electron chi connectivity index (χ1n) is 5.96. The van der Waals surface area contributed by atoms with E-state index in [0.29, 0.717) is 5.88 Å². The summed E-state index contributed by atoms with van der Waals surface area (Å²) in [5.74, 6) is -0.556. The number of rotatable bonds is 8. The van der Waals surface area contributed by atoms with E-state index >= 15 is 0 Å². The molecule has 1 aromatic rings. The number of nitrogens with zero attached hydrogens (tertiary/aromatic N) is 1. The van der Waals surface area contributed by atoms with Crippen LogP contribution in [-0.4, -0.2) is 42.2 Å². The minimum absolute atomic E-state index is 0.0313. The maximum absolute atomic E-state index is 10.6. The third-order valence-corrected chi connectivity index (χ3v) is 2.66. The van der Waals surface area contributed by atoms with E-state index in [0.717, 1.165) is 32.6 Å². The van der Waals surface area contributed by atoms with E-state index in [9.17, 15) is 4.79 Å². The van der Waals surface area contributed by atoms with Gasteiger partial charge in [-0.15, -0.1) is 0 Å². The standard InChI is InChI=1S/C12H20N2O3/c1-3-14(4-2)9-5-8-13-11-7-6-10(17-11)12(15)16/h6-7,13H,3-5,8-9H2,1-2H3,(H,15,16). The number of nitrogens with one attached hydrogen (secondary N) is 1. The van der Waals surface area contributed by atoms with Crippen molar-refractivity contribution in [1.82, 2.24) is 4.90 Å². The highest BCUT2D eigenvalue weighted by Gasteiger charge is 2.08. The van der Waals surface area contributed by atoms with Crippen molar-refractivity contribution in [3.05, 3.63) is 17.9 Å². The van der Waals surface area contributed by atoms with Crippen LogP contribution in [-0.2, 0) is 0 Å². The van der Waals surface area contributed by atoms with Gasteiger partial charge in [0.25, 0.3) is 0 Å². The maximum Gasteiger partial charge on any atom is 0.371 e. The molecule has 0 saturated carbocycles. The number of carboxylic acid groups (broad SMARTS) is 1. The molecule has 1 heterocycles. The molecule has 5 heteroatoms. The highest BCUT2D eigenvalue weighted by atomic mass is 16.4. The van der Waals surface area contributed by atoms with E-state index in [4.69, 9.17) is 9.52 Å². The van der Waals surface area contributed by atoms with Gasteiger partial charge in [-0.05, 0) is 32.1 Å². The Kier molecular flexibility index (Phi) is 5.56. The molecule has 0 atom stereocenters. The fraction of sp³-hybridized carbons (Fsp3) is 0.583. The minimum atomic E-state index is -1.04. The van der Waals surface area contributed by atoms with Crippen molar-refractivity contribution in [2.45, 2.75) is 20.3 Å². The fourth-order valence-electron chi connectivity index (χ4n) is 1.60. The first kappa shape index (κ1) is 13.6. The molecule has 0 aromatic carbocycles. The average Bonchev–Trinajstić information content (AvgIpc) is 2.78. The molecule has 96 valence electrons. The summed E-state index contributed by atoms with van der Waals surface area (Å²) >= 11 is 0. The predicted molar refractivity (Wildman–Crippen MR) is 66.6 cm³/mol. The first-order valence-corrected chi connectivity index (χ1v) is 5.96. The lowest BCUT2D eigenvalue weighted by molar-refractivity contribution is 0.0663. The van der Waals surface area contributed by atoms with Gasteiger partial charge in [-0.2, -0.15) is 0 Å². The zero-order chi connectivity index (χ0) is 12.7. The Morgan fingerprint density at radius 2 is 2.12 bits per heavy atom. The third kappa shape index (κ3) is 4.48. The number of carbonyl (C=O) groups is 1. The van der Waals surface area contributed by atoms with Gasteiger partial charge in [0.15, 0.2) is 5.88 Å². The van der Waals surface area contributed by atoms with Crippen molar-refractivity contribution < 1.29 is 14.3 Å². The lowest BCUT2D eigenvalue weighted by atomic mass is 10.3. The Morgan fingerprint density at radius 1 is 1.41 bits per heavy atom. The normalized spacial score (nSPS) is 10.8. The Hall–Kier alpha value is -1.49. The summed E-state index contributed by atoms with van der Waals surface area (Å²) in [6.07, 6.45) is 1.00. The molecule has 0 aliphatic carbocycles. The summed E-state index contributed by atoms with van der Waals surface area (Å²) in [7, 11) is 0. The van der Waals surface area contributed by atoms with E-state index < -0.39 is 5.97 Å². The van der Waals surface area contributed by atoms with Gasteiger partial charge in [0.2, 0.25) is 5.76 Å². The Morgan fingerprint density at radius 3 is 2.65 bits per heavy atom. The molecular weight excluding hydrogens is 220 g/mol. The number of aromatic carboxylic acids is 1. The zero-order valence-corrected chi connectivity index (χ0v) is 10.4. The Bertz CT molecular complexity index is 345. The SMILES string of the molecule is CCN(CC)CCCNc1ccc(C(=O)O)o1. The molecule has 0 saturated heterocycles. The van der Waals surface area contributed by atoms with Crippen molar-refractivity contribution in [2.24, 2.45) is 0 Å². The Labute approximate surface area is 101 Å². The summed E-state index contributed by atoms with van der Waals surface area (Å²) in [5.41, 5.74) is 0. The van der Waals surface area contributed by atoms with Gasteiger partial charge < -0.3 is 19.7 Å². The lowest BCUT2D eigenvalue weighted by Gasteiger charge is -2.17. The molecule has 0 bridgehead atoms. The van der Waals surface area contributed by atoms with Crippen LogP contribution in [0.15, 0.2) is 16.5 Å². The van der Waals surface area contributed by atoms with Crippen molar-refractivity contribution in [1.29, 1.82) is 0 Å². The molecular formula is C12H20N2O3. The minimum Gasteiger partial charge on any atom is -0.475 e. The van der Waals surface area contributed by atoms with Crippen LogP contribution < -0.4 is 5.32 Å². The molecule has 0 unspecified atom stereocenters. The molecule has 1 aromatic heterocycles. The average molecular weight is 240 g/mol. The van der Waals surface area contributed by atoms with Crippen LogP contribution in [0.4, 0.5) is 5.88 Å². The molecule has 0 spiro atoms. The fourth-order valence-corrected chi connectivity index (χ4v) is 1.60. The number of anilines is 1. The van der Waals surface area contributed by atoms with E-state index in [-0.39, 0.29) is 5.76 Å². The molecule has 0 fully saturated rings. The van der Waals surface area contributed by atoms with Crippen LogP contribution in [0.3, 0.4) is 0 Å². The molecule has 0 radical (unpaired) electrons. The predicted octanol–water partition coefficient (Wildman–Crippen LogP) is 2.12. The second-order valence-electron chi connectivity index (χ2n) is 3.78. The van der Waals surface area contributed by atoms with Crippen LogP contribution >= 0.6 is 0 Å². The van der Waals surface area contributed by atoms with E-state index in [1.807, 2.05) is 0 Å². The zero-order valence-electron chi connectivity index (χ0n) is 10.4. The molecule has 2 N–H and O–H groups in total. The molecule has 0 amide bonds. The van der Waals surface area contributed by atoms with Crippen LogP contribution in [0.5, 0.6) is 0 Å². The summed E-state index contributed by atoms with van der Waals surface area (Å²) < 4.78 is 5.08. The summed E-state index contributed by atoms with van der Waals surface area (Å²) in [6, 6.07) is 3.09. The quantitative estimate of drug-likeness (QED) is 0.681. The van der Waals surface area contributed by atoms with Crippen LogP contribution in [0, 0.1) is 0 Å². The van der Waals surface area contributed by atoms with Crippen LogP contribution in [0.1, 0.15) is 30.8 Å². The second-order valence-corrected chi connectivity index (χ2v) is 3.78. The van der Waals surface area contributed by atoms with Gasteiger partial charge in [-0.1, -0.05) is 13.8 Å². The Balaban J connectivity index is 2.24. The highest BCUT2D eigenvalue weighted by molar-refractivity contribution is 5.84. The van der Waals surface area contributed by atoms with Gasteiger partial charge in [-0.3, -0.25) is 0 Å². The molecule has 17 heavy (non-hydrogen) atoms. The summed E-state index contributed by atoms with van der Waals surface area (Å²) in [5, 5.41) is 11.7. The van der Waals surface area contributed by atoms with Crippen molar-refractivity contribution in [3.8, 4) is 0 Å². The first-order chi connectivity index (χ1) is 8.17. The smallest absolute Gasteiger partial charge is 0.371 e. The van der Waals surface area contributed by atoms with E-state index in [1.165, 1.54) is 6.07 Å². The van der Waals surface area contributed by atoms with Crippen molar-refractivity contribution in [2.75, 3.05) is 31.5 Å². The number of furan rings is 1. The molecule has 0 aliphatic heterocycles. The van der Waals surface area contributed by atoms with Gasteiger partial charge in [0.05, 0.1) is 0 Å². The lowest BCUT2D eigenvalue weighted by Crippen LogP contribution is -2.25. The van der Waals surface area contributed by atoms with E-state index in [1.54, 1.807) is 6.07 Å². The van der Waals surface area contributed by atoms with E-state index in [2.05, 4.69) is 24.1 Å². The number of hydrogen-bond acceptors (Lipinski definition) is 4. The number of carboxylic acids is 1. The largest absolute Gasteiger partial charge is 0.475 e. The topological polar surface area (TPSA) is 65.7 Å². The van der Waals surface area contributed by atoms with Crippen molar-refractivity contribution >= 4 is 11.9 Å². The van der Waals surface area contributed by atoms with Gasteiger partial charge in [-0.25, -0.2) is 4.79 Å². The van der Waals surface area contributed by atoms with Gasteiger partial charge >= 0.3 is 5.97 Å². The second kappa shape index (κ2) is 6.96. The van der Waals surface area contributed by atoms with Gasteiger partial charge in [0, 0.05) is 12.6 Å². The van der Waals surface area contributed by atoms with Crippen LogP contribution in [0.2, 0.25) is 0 Å². The summed E-state index contributed by atoms with van der Waals surface area (Å²) in [4.78, 5) is 12.9. The van der Waals surface area contributed by atoms with Crippen LogP contribution in [0.25, 0.3) is 0 Å².